The first-order valence-corrected chi connectivity index (χ1v) is 4.88. The Labute approximate surface area is 101 Å². The van der Waals surface area contributed by atoms with Crippen LogP contribution in [0.5, 0.6) is 0 Å². The number of benzene rings is 1. The second-order valence-corrected chi connectivity index (χ2v) is 3.38. The van der Waals surface area contributed by atoms with Gasteiger partial charge in [-0.2, -0.15) is 13.2 Å². The Balaban J connectivity index is 3.14. The van der Waals surface area contributed by atoms with Crippen LogP contribution in [0.25, 0.3) is 0 Å². The molecule has 7 heteroatoms. The van der Waals surface area contributed by atoms with Gasteiger partial charge in [0.2, 0.25) is 0 Å². The van der Waals surface area contributed by atoms with E-state index in [0.717, 1.165) is 12.1 Å². The van der Waals surface area contributed by atoms with Crippen molar-refractivity contribution in [3.63, 3.8) is 0 Å². The largest absolute Gasteiger partial charge is 0.416 e. The van der Waals surface area contributed by atoms with Gasteiger partial charge in [-0.1, -0.05) is 22.4 Å². The molecule has 0 atom stereocenters. The van der Waals surface area contributed by atoms with Crippen molar-refractivity contribution >= 4 is 11.4 Å². The molecule has 98 valence electrons. The predicted octanol–water partition coefficient (Wildman–Crippen LogP) is 2.91. The van der Waals surface area contributed by atoms with E-state index in [9.17, 15) is 13.2 Å². The number of nitrogens with zero attached hydrogens (tertiary/aromatic N) is 2. The van der Waals surface area contributed by atoms with Gasteiger partial charge in [0.25, 0.3) is 0 Å². The van der Waals surface area contributed by atoms with Crippen molar-refractivity contribution in [2.24, 2.45) is 10.3 Å². The molecule has 0 aliphatic rings. The molecule has 18 heavy (non-hydrogen) atoms. The lowest BCUT2D eigenvalue weighted by molar-refractivity contribution is -0.137. The van der Waals surface area contributed by atoms with Gasteiger partial charge in [0.1, 0.15) is 18.5 Å². The Morgan fingerprint density at radius 1 is 1.22 bits per heavy atom. The zero-order valence-electron chi connectivity index (χ0n) is 9.69. The first-order valence-electron chi connectivity index (χ1n) is 4.88. The maximum Gasteiger partial charge on any atom is 0.416 e. The Kier molecular flexibility index (Phi) is 4.30. The monoisotopic (exact) mass is 260 g/mol. The standard InChI is InChI=1S/C11H11F3N2O2/c1-7(15-17)10(16-18-2)8-3-5-9(6-4-8)11(12,13)14/h3-6,17H,1-2H3. The topological polar surface area (TPSA) is 54.2 Å². The lowest BCUT2D eigenvalue weighted by Gasteiger charge is -2.08. The molecule has 0 heterocycles. The van der Waals surface area contributed by atoms with Crippen LogP contribution in [-0.4, -0.2) is 23.7 Å². The van der Waals surface area contributed by atoms with Gasteiger partial charge >= 0.3 is 6.18 Å². The minimum absolute atomic E-state index is 0.136. The number of rotatable bonds is 3. The molecule has 0 radical (unpaired) electrons. The van der Waals surface area contributed by atoms with E-state index >= 15 is 0 Å². The third kappa shape index (κ3) is 3.22. The fourth-order valence-corrected chi connectivity index (χ4v) is 1.28. The highest BCUT2D eigenvalue weighted by Gasteiger charge is 2.30. The van der Waals surface area contributed by atoms with Gasteiger partial charge in [-0.15, -0.1) is 0 Å². The average Bonchev–Trinajstić information content (AvgIpc) is 2.34. The van der Waals surface area contributed by atoms with E-state index in [1.54, 1.807) is 0 Å². The van der Waals surface area contributed by atoms with Gasteiger partial charge in [0, 0.05) is 5.56 Å². The van der Waals surface area contributed by atoms with Crippen LogP contribution in [0.4, 0.5) is 13.2 Å². The second-order valence-electron chi connectivity index (χ2n) is 3.38. The summed E-state index contributed by atoms with van der Waals surface area (Å²) in [7, 11) is 1.29. The number of hydrogen-bond donors (Lipinski definition) is 1. The highest BCUT2D eigenvalue weighted by atomic mass is 19.4. The molecular formula is C11H11F3N2O2. The van der Waals surface area contributed by atoms with Crippen molar-refractivity contribution in [2.75, 3.05) is 7.11 Å². The molecule has 1 N–H and O–H groups in total. The minimum Gasteiger partial charge on any atom is -0.411 e. The van der Waals surface area contributed by atoms with E-state index < -0.39 is 11.7 Å². The minimum atomic E-state index is -4.39. The number of halogens is 3. The fraction of sp³-hybridized carbons (Fsp3) is 0.273. The molecule has 0 saturated carbocycles. The molecule has 1 aromatic rings. The summed E-state index contributed by atoms with van der Waals surface area (Å²) >= 11 is 0. The van der Waals surface area contributed by atoms with Gasteiger partial charge in [-0.05, 0) is 19.1 Å². The Bertz CT molecular complexity index is 464. The van der Waals surface area contributed by atoms with Crippen LogP contribution in [0.15, 0.2) is 34.6 Å². The highest BCUT2D eigenvalue weighted by Crippen LogP contribution is 2.29. The molecule has 0 fully saturated rings. The third-order valence-electron chi connectivity index (χ3n) is 2.16. The summed E-state index contributed by atoms with van der Waals surface area (Å²) in [6, 6.07) is 4.31. The van der Waals surface area contributed by atoms with Crippen LogP contribution in [0, 0.1) is 0 Å². The highest BCUT2D eigenvalue weighted by molar-refractivity contribution is 6.47. The van der Waals surface area contributed by atoms with Gasteiger partial charge < -0.3 is 10.0 Å². The van der Waals surface area contributed by atoms with E-state index in [1.165, 1.54) is 26.2 Å². The molecule has 4 nitrogen and oxygen atoms in total. The van der Waals surface area contributed by atoms with Crippen molar-refractivity contribution in [3.8, 4) is 0 Å². The molecule has 0 saturated heterocycles. The quantitative estimate of drug-likeness (QED) is 0.516. The second kappa shape index (κ2) is 5.52. The van der Waals surface area contributed by atoms with E-state index in [1.807, 2.05) is 0 Å². The summed E-state index contributed by atoms with van der Waals surface area (Å²) in [5, 5.41) is 15.2. The van der Waals surface area contributed by atoms with Crippen molar-refractivity contribution in [2.45, 2.75) is 13.1 Å². The van der Waals surface area contributed by atoms with Crippen LogP contribution in [0.1, 0.15) is 18.1 Å². The van der Waals surface area contributed by atoms with E-state index in [2.05, 4.69) is 15.1 Å². The Morgan fingerprint density at radius 3 is 2.17 bits per heavy atom. The summed E-state index contributed by atoms with van der Waals surface area (Å²) in [5.41, 5.74) is -0.105. The molecular weight excluding hydrogens is 249 g/mol. The van der Waals surface area contributed by atoms with E-state index in [-0.39, 0.29) is 11.4 Å². The molecule has 1 aromatic carbocycles. The lowest BCUT2D eigenvalue weighted by Crippen LogP contribution is -2.13. The van der Waals surface area contributed by atoms with Crippen LogP contribution in [-0.2, 0) is 11.0 Å². The van der Waals surface area contributed by atoms with Crippen LogP contribution < -0.4 is 0 Å². The first kappa shape index (κ1) is 14.0. The lowest BCUT2D eigenvalue weighted by atomic mass is 10.0. The molecule has 0 aliphatic carbocycles. The molecule has 1 rings (SSSR count). The maximum atomic E-state index is 12.4. The molecule has 0 aliphatic heterocycles. The summed E-state index contributed by atoms with van der Waals surface area (Å²) < 4.78 is 37.1. The number of oxime groups is 2. The zero-order valence-corrected chi connectivity index (χ0v) is 9.69. The van der Waals surface area contributed by atoms with Crippen LogP contribution >= 0.6 is 0 Å². The summed E-state index contributed by atoms with van der Waals surface area (Å²) in [6.07, 6.45) is -4.39. The molecule has 0 amide bonds. The van der Waals surface area contributed by atoms with Crippen molar-refractivity contribution in [1.29, 1.82) is 0 Å². The fourth-order valence-electron chi connectivity index (χ4n) is 1.28. The predicted molar refractivity (Wildman–Crippen MR) is 59.9 cm³/mol. The Hall–Kier alpha value is -2.05. The van der Waals surface area contributed by atoms with Crippen LogP contribution in [0.3, 0.4) is 0 Å². The van der Waals surface area contributed by atoms with Crippen molar-refractivity contribution < 1.29 is 23.2 Å². The smallest absolute Gasteiger partial charge is 0.411 e. The summed E-state index contributed by atoms with van der Waals surface area (Å²) in [4.78, 5) is 4.55. The van der Waals surface area contributed by atoms with Gasteiger partial charge in [0.05, 0.1) is 5.56 Å². The van der Waals surface area contributed by atoms with Gasteiger partial charge in [-0.25, -0.2) is 0 Å². The number of alkyl halides is 3. The molecule has 0 spiro atoms. The summed E-state index contributed by atoms with van der Waals surface area (Å²) in [6.45, 7) is 1.45. The zero-order chi connectivity index (χ0) is 13.8. The van der Waals surface area contributed by atoms with Crippen molar-refractivity contribution in [1.82, 2.24) is 0 Å². The summed E-state index contributed by atoms with van der Waals surface area (Å²) in [5.74, 6) is 0. The Morgan fingerprint density at radius 2 is 1.78 bits per heavy atom. The van der Waals surface area contributed by atoms with Gasteiger partial charge in [0.15, 0.2) is 0 Å². The normalized spacial score (nSPS) is 13.6. The van der Waals surface area contributed by atoms with Crippen molar-refractivity contribution in [3.05, 3.63) is 35.4 Å². The number of hydrogen-bond acceptors (Lipinski definition) is 4. The maximum absolute atomic E-state index is 12.4. The average molecular weight is 260 g/mol. The van der Waals surface area contributed by atoms with Crippen LogP contribution in [0.2, 0.25) is 0 Å². The molecule has 0 aromatic heterocycles. The third-order valence-corrected chi connectivity index (χ3v) is 2.16. The SMILES string of the molecule is CON=C(C(C)=NO)c1ccc(C(F)(F)F)cc1. The van der Waals surface area contributed by atoms with E-state index in [0.29, 0.717) is 5.56 Å². The molecule has 0 bridgehead atoms. The van der Waals surface area contributed by atoms with E-state index in [4.69, 9.17) is 5.21 Å². The first-order chi connectivity index (χ1) is 8.40. The molecule has 0 unspecified atom stereocenters. The van der Waals surface area contributed by atoms with Gasteiger partial charge in [-0.3, -0.25) is 0 Å².